The summed E-state index contributed by atoms with van der Waals surface area (Å²) >= 11 is 0. The molecule has 6 nitrogen and oxygen atoms in total. The molecule has 0 bridgehead atoms. The molecule has 0 radical (unpaired) electrons. The number of rotatable bonds is 2. The summed E-state index contributed by atoms with van der Waals surface area (Å²) in [7, 11) is -0.591. The lowest BCUT2D eigenvalue weighted by atomic mass is 10.2. The van der Waals surface area contributed by atoms with E-state index in [2.05, 4.69) is 0 Å². The minimum atomic E-state index is -3.60. The second-order valence-electron chi connectivity index (χ2n) is 4.08. The highest BCUT2D eigenvalue weighted by Gasteiger charge is 2.38. The molecule has 18 heavy (non-hydrogen) atoms. The number of sulfone groups is 1. The second-order valence-corrected chi connectivity index (χ2v) is 6.08. The zero-order chi connectivity index (χ0) is 13.5. The van der Waals surface area contributed by atoms with Crippen molar-refractivity contribution < 1.29 is 23.1 Å². The van der Waals surface area contributed by atoms with Gasteiger partial charge in [0.15, 0.2) is 9.84 Å². The minimum Gasteiger partial charge on any atom is -0.497 e. The lowest BCUT2D eigenvalue weighted by molar-refractivity contribution is -0.138. The van der Waals surface area contributed by atoms with E-state index in [0.29, 0.717) is 11.4 Å². The van der Waals surface area contributed by atoms with Crippen LogP contribution in [0.4, 0.5) is 5.69 Å². The molecule has 1 atom stereocenters. The summed E-state index contributed by atoms with van der Waals surface area (Å²) in [4.78, 5) is 12.6. The molecule has 1 aliphatic heterocycles. The highest BCUT2D eigenvalue weighted by Crippen LogP contribution is 2.35. The number of ether oxygens (including phenoxy) is 1. The minimum absolute atomic E-state index is 0.113. The Morgan fingerprint density at radius 2 is 2.17 bits per heavy atom. The van der Waals surface area contributed by atoms with Gasteiger partial charge < -0.3 is 14.7 Å². The van der Waals surface area contributed by atoms with Crippen LogP contribution in [0.2, 0.25) is 0 Å². The third kappa shape index (κ3) is 1.90. The molecule has 1 aliphatic rings. The first-order chi connectivity index (χ1) is 8.36. The molecule has 0 fully saturated rings. The molecular formula is C11H13NO5S. The summed E-state index contributed by atoms with van der Waals surface area (Å²) in [6, 6.07) is 3.52. The number of aliphatic carboxylic acids is 1. The lowest BCUT2D eigenvalue weighted by Crippen LogP contribution is -2.47. The Morgan fingerprint density at radius 1 is 1.50 bits per heavy atom. The van der Waals surface area contributed by atoms with E-state index in [1.165, 1.54) is 18.1 Å². The third-order valence-electron chi connectivity index (χ3n) is 3.01. The Labute approximate surface area is 105 Å². The van der Waals surface area contributed by atoms with E-state index < -0.39 is 27.6 Å². The molecule has 0 aromatic heterocycles. The van der Waals surface area contributed by atoms with Crippen molar-refractivity contribution >= 4 is 21.5 Å². The molecule has 1 heterocycles. The van der Waals surface area contributed by atoms with E-state index in [0.717, 1.165) is 0 Å². The maximum Gasteiger partial charge on any atom is 0.327 e. The topological polar surface area (TPSA) is 83.9 Å². The van der Waals surface area contributed by atoms with Crippen LogP contribution in [0.15, 0.2) is 23.1 Å². The molecule has 1 aromatic carbocycles. The number of carboxylic acids is 1. The second kappa shape index (κ2) is 4.16. The Kier molecular flexibility index (Phi) is 2.94. The first-order valence-electron chi connectivity index (χ1n) is 5.23. The molecule has 1 N–H and O–H groups in total. The molecule has 0 saturated carbocycles. The summed E-state index contributed by atoms with van der Waals surface area (Å²) in [5.41, 5.74) is 0.384. The van der Waals surface area contributed by atoms with Gasteiger partial charge in [-0.3, -0.25) is 0 Å². The molecule has 0 saturated heterocycles. The largest absolute Gasteiger partial charge is 0.497 e. The van der Waals surface area contributed by atoms with Crippen LogP contribution in [0, 0.1) is 0 Å². The summed E-state index contributed by atoms with van der Waals surface area (Å²) in [5.74, 6) is -1.15. The van der Waals surface area contributed by atoms with Gasteiger partial charge >= 0.3 is 5.97 Å². The average Bonchev–Trinajstić information content (AvgIpc) is 2.33. The van der Waals surface area contributed by atoms with Gasteiger partial charge in [-0.1, -0.05) is 0 Å². The number of anilines is 1. The van der Waals surface area contributed by atoms with E-state index >= 15 is 0 Å². The van der Waals surface area contributed by atoms with Gasteiger partial charge in [0.2, 0.25) is 0 Å². The average molecular weight is 271 g/mol. The number of nitrogens with zero attached hydrogens (tertiary/aromatic N) is 1. The standard InChI is InChI=1S/C11H13NO5S/c1-12-8-4-3-7(17-2)5-10(8)18(15,16)6-9(12)11(13)14/h3-5,9H,6H2,1-2H3,(H,13,14). The Hall–Kier alpha value is -1.76. The van der Waals surface area contributed by atoms with Crippen molar-refractivity contribution in [2.45, 2.75) is 10.9 Å². The molecule has 1 unspecified atom stereocenters. The van der Waals surface area contributed by atoms with Crippen molar-refractivity contribution in [3.63, 3.8) is 0 Å². The Bertz CT molecular complexity index is 595. The SMILES string of the molecule is COc1ccc2c(c1)S(=O)(=O)CC(C(=O)O)N2C. The van der Waals surface area contributed by atoms with Crippen LogP contribution < -0.4 is 9.64 Å². The highest BCUT2D eigenvalue weighted by molar-refractivity contribution is 7.91. The van der Waals surface area contributed by atoms with Gasteiger partial charge in [0.05, 0.1) is 23.4 Å². The van der Waals surface area contributed by atoms with E-state index in [1.54, 1.807) is 19.2 Å². The summed E-state index contributed by atoms with van der Waals surface area (Å²) in [5, 5.41) is 9.04. The number of benzene rings is 1. The number of carbonyl (C=O) groups is 1. The molecule has 1 aromatic rings. The van der Waals surface area contributed by atoms with Gasteiger partial charge in [-0.25, -0.2) is 13.2 Å². The monoisotopic (exact) mass is 271 g/mol. The smallest absolute Gasteiger partial charge is 0.327 e. The van der Waals surface area contributed by atoms with E-state index in [4.69, 9.17) is 9.84 Å². The summed E-state index contributed by atoms with van der Waals surface area (Å²) in [6.07, 6.45) is 0. The van der Waals surface area contributed by atoms with Crippen molar-refractivity contribution in [2.75, 3.05) is 24.8 Å². The Balaban J connectivity index is 2.62. The fraction of sp³-hybridized carbons (Fsp3) is 0.364. The van der Waals surface area contributed by atoms with Crippen LogP contribution in [-0.2, 0) is 14.6 Å². The van der Waals surface area contributed by atoms with Crippen molar-refractivity contribution in [1.29, 1.82) is 0 Å². The molecule has 7 heteroatoms. The van der Waals surface area contributed by atoms with E-state index in [-0.39, 0.29) is 4.90 Å². The zero-order valence-corrected chi connectivity index (χ0v) is 10.8. The Morgan fingerprint density at radius 3 is 2.72 bits per heavy atom. The van der Waals surface area contributed by atoms with Gasteiger partial charge in [-0.2, -0.15) is 0 Å². The number of fused-ring (bicyclic) bond motifs is 1. The number of methoxy groups -OCH3 is 1. The number of likely N-dealkylation sites (N-methyl/N-ethyl adjacent to an activating group) is 1. The van der Waals surface area contributed by atoms with E-state index in [9.17, 15) is 13.2 Å². The van der Waals surface area contributed by atoms with Crippen molar-refractivity contribution in [2.24, 2.45) is 0 Å². The van der Waals surface area contributed by atoms with Crippen LogP contribution in [0.1, 0.15) is 0 Å². The van der Waals surface area contributed by atoms with Gasteiger partial charge in [0.1, 0.15) is 11.8 Å². The normalized spacial score (nSPS) is 21.2. The van der Waals surface area contributed by atoms with Gasteiger partial charge in [-0.05, 0) is 12.1 Å². The van der Waals surface area contributed by atoms with Crippen molar-refractivity contribution in [3.05, 3.63) is 18.2 Å². The van der Waals surface area contributed by atoms with Gasteiger partial charge in [-0.15, -0.1) is 0 Å². The predicted molar refractivity (Wildman–Crippen MR) is 64.9 cm³/mol. The fourth-order valence-corrected chi connectivity index (χ4v) is 3.76. The van der Waals surface area contributed by atoms with Crippen LogP contribution in [0.5, 0.6) is 5.75 Å². The number of carboxylic acid groups (broad SMARTS) is 1. The van der Waals surface area contributed by atoms with Crippen LogP contribution >= 0.6 is 0 Å². The zero-order valence-electron chi connectivity index (χ0n) is 9.95. The number of hydrogen-bond donors (Lipinski definition) is 1. The first-order valence-corrected chi connectivity index (χ1v) is 6.88. The quantitative estimate of drug-likeness (QED) is 0.836. The fourth-order valence-electron chi connectivity index (χ4n) is 1.98. The molecule has 0 aliphatic carbocycles. The van der Waals surface area contributed by atoms with Crippen LogP contribution in [0.3, 0.4) is 0 Å². The van der Waals surface area contributed by atoms with Gasteiger partial charge in [0.25, 0.3) is 0 Å². The number of hydrogen-bond acceptors (Lipinski definition) is 5. The lowest BCUT2D eigenvalue weighted by Gasteiger charge is -2.33. The van der Waals surface area contributed by atoms with E-state index in [1.807, 2.05) is 0 Å². The van der Waals surface area contributed by atoms with Crippen LogP contribution in [0.25, 0.3) is 0 Å². The summed E-state index contributed by atoms with van der Waals surface area (Å²) < 4.78 is 29.1. The van der Waals surface area contributed by atoms with Gasteiger partial charge in [0, 0.05) is 13.1 Å². The molecular weight excluding hydrogens is 258 g/mol. The first kappa shape index (κ1) is 12.7. The molecule has 0 spiro atoms. The molecule has 98 valence electrons. The van der Waals surface area contributed by atoms with Crippen LogP contribution in [-0.4, -0.2) is 45.4 Å². The maximum atomic E-state index is 12.1. The molecule has 0 amide bonds. The van der Waals surface area contributed by atoms with Crippen molar-refractivity contribution in [1.82, 2.24) is 0 Å². The predicted octanol–water partition coefficient (Wildman–Crippen LogP) is 0.372. The van der Waals surface area contributed by atoms with Crippen molar-refractivity contribution in [3.8, 4) is 5.75 Å². The summed E-state index contributed by atoms with van der Waals surface area (Å²) in [6.45, 7) is 0. The third-order valence-corrected chi connectivity index (χ3v) is 4.76. The molecule has 2 rings (SSSR count). The maximum absolute atomic E-state index is 12.1. The highest BCUT2D eigenvalue weighted by atomic mass is 32.2.